The Hall–Kier alpha value is -1.92. The topological polar surface area (TPSA) is 70.1 Å². The molecule has 0 radical (unpaired) electrons. The van der Waals surface area contributed by atoms with Crippen molar-refractivity contribution in [2.24, 2.45) is 0 Å². The number of carbonyl (C=O) groups excluding carboxylic acids is 1. The van der Waals surface area contributed by atoms with Gasteiger partial charge in [-0.3, -0.25) is 14.5 Å². The molecule has 6 heteroatoms. The van der Waals surface area contributed by atoms with Gasteiger partial charge in [0, 0.05) is 44.2 Å². The fourth-order valence-corrected chi connectivity index (χ4v) is 4.45. The number of likely N-dealkylation sites (tertiary alicyclic amines) is 1. The molecule has 2 saturated heterocycles. The van der Waals surface area contributed by atoms with Crippen molar-refractivity contribution in [3.8, 4) is 0 Å². The zero-order valence-electron chi connectivity index (χ0n) is 17.0. The number of carboxylic acids is 1. The maximum Gasteiger partial charge on any atom is 0.303 e. The number of benzene rings is 1. The molecule has 3 atom stereocenters. The highest BCUT2D eigenvalue weighted by Gasteiger charge is 2.28. The summed E-state index contributed by atoms with van der Waals surface area (Å²) in [5, 5.41) is 8.97. The maximum absolute atomic E-state index is 13.0. The van der Waals surface area contributed by atoms with Crippen LogP contribution in [0, 0.1) is 0 Å². The van der Waals surface area contributed by atoms with Gasteiger partial charge in [0.2, 0.25) is 0 Å². The molecule has 1 amide bonds. The number of morpholine rings is 1. The second kappa shape index (κ2) is 9.52. The van der Waals surface area contributed by atoms with E-state index in [9.17, 15) is 9.59 Å². The molecule has 3 rings (SSSR count). The summed E-state index contributed by atoms with van der Waals surface area (Å²) in [6, 6.07) is 7.93. The molecule has 1 aromatic rings. The van der Waals surface area contributed by atoms with Crippen LogP contribution in [0.5, 0.6) is 0 Å². The number of carbonyl (C=O) groups is 2. The van der Waals surface area contributed by atoms with Crippen molar-refractivity contribution < 1.29 is 19.4 Å². The number of aliphatic carboxylic acids is 1. The van der Waals surface area contributed by atoms with Crippen LogP contribution in [-0.2, 0) is 16.1 Å². The molecule has 0 aromatic heterocycles. The van der Waals surface area contributed by atoms with Crippen LogP contribution in [0.15, 0.2) is 24.3 Å². The third-order valence-corrected chi connectivity index (χ3v) is 5.68. The highest BCUT2D eigenvalue weighted by molar-refractivity contribution is 5.94. The first-order valence-corrected chi connectivity index (χ1v) is 10.4. The van der Waals surface area contributed by atoms with E-state index in [0.717, 1.165) is 38.9 Å². The molecule has 6 nitrogen and oxygen atoms in total. The number of rotatable bonds is 6. The zero-order chi connectivity index (χ0) is 20.1. The smallest absolute Gasteiger partial charge is 0.303 e. The van der Waals surface area contributed by atoms with E-state index in [-0.39, 0.29) is 30.6 Å². The molecule has 2 heterocycles. The number of hydrogen-bond acceptors (Lipinski definition) is 4. The molecule has 28 heavy (non-hydrogen) atoms. The van der Waals surface area contributed by atoms with Crippen LogP contribution in [0.25, 0.3) is 0 Å². The predicted octanol–water partition coefficient (Wildman–Crippen LogP) is 3.16. The van der Waals surface area contributed by atoms with Crippen molar-refractivity contribution >= 4 is 11.9 Å². The molecule has 2 aliphatic rings. The van der Waals surface area contributed by atoms with Crippen LogP contribution in [0.2, 0.25) is 0 Å². The van der Waals surface area contributed by atoms with E-state index in [1.54, 1.807) is 0 Å². The summed E-state index contributed by atoms with van der Waals surface area (Å²) in [5.41, 5.74) is 1.88. The van der Waals surface area contributed by atoms with Gasteiger partial charge >= 0.3 is 5.97 Å². The first-order chi connectivity index (χ1) is 13.4. The molecule has 154 valence electrons. The van der Waals surface area contributed by atoms with Gasteiger partial charge in [-0.05, 0) is 57.2 Å². The average Bonchev–Trinajstić information content (AvgIpc) is 2.66. The van der Waals surface area contributed by atoms with Crippen LogP contribution in [0.4, 0.5) is 0 Å². The number of amides is 1. The molecule has 3 unspecified atom stereocenters. The van der Waals surface area contributed by atoms with Crippen molar-refractivity contribution in [1.29, 1.82) is 0 Å². The van der Waals surface area contributed by atoms with Gasteiger partial charge < -0.3 is 14.7 Å². The average molecular weight is 389 g/mol. The van der Waals surface area contributed by atoms with Crippen molar-refractivity contribution in [3.63, 3.8) is 0 Å². The standard InChI is InChI=1S/C22H32N2O4/c1-16-13-23(14-17(2)28-16)15-18-6-8-19(9-7-18)22(27)24-12-4-3-5-20(24)10-11-21(25)26/h6-9,16-17,20H,3-5,10-15H2,1-2H3,(H,25,26). The van der Waals surface area contributed by atoms with Gasteiger partial charge in [0.05, 0.1) is 12.2 Å². The molecular formula is C22H32N2O4. The molecule has 0 saturated carbocycles. The van der Waals surface area contributed by atoms with E-state index >= 15 is 0 Å². The van der Waals surface area contributed by atoms with E-state index in [0.29, 0.717) is 18.5 Å². The molecule has 2 fully saturated rings. The molecule has 1 aromatic carbocycles. The first-order valence-electron chi connectivity index (χ1n) is 10.4. The summed E-state index contributed by atoms with van der Waals surface area (Å²) >= 11 is 0. The second-order valence-electron chi connectivity index (χ2n) is 8.23. The van der Waals surface area contributed by atoms with E-state index in [1.807, 2.05) is 29.2 Å². The van der Waals surface area contributed by atoms with Gasteiger partial charge in [0.25, 0.3) is 5.91 Å². The summed E-state index contributed by atoms with van der Waals surface area (Å²) in [7, 11) is 0. The van der Waals surface area contributed by atoms with Crippen molar-refractivity contribution in [2.75, 3.05) is 19.6 Å². The van der Waals surface area contributed by atoms with Gasteiger partial charge in [-0.25, -0.2) is 0 Å². The van der Waals surface area contributed by atoms with Gasteiger partial charge in [0.15, 0.2) is 0 Å². The Morgan fingerprint density at radius 3 is 2.43 bits per heavy atom. The molecular weight excluding hydrogens is 356 g/mol. The van der Waals surface area contributed by atoms with Gasteiger partial charge in [-0.15, -0.1) is 0 Å². The van der Waals surface area contributed by atoms with Crippen LogP contribution in [-0.4, -0.2) is 64.7 Å². The minimum absolute atomic E-state index is 0.0234. The largest absolute Gasteiger partial charge is 0.481 e. The minimum Gasteiger partial charge on any atom is -0.481 e. The lowest BCUT2D eigenvalue weighted by atomic mass is 9.96. The Morgan fingerprint density at radius 1 is 1.11 bits per heavy atom. The van der Waals surface area contributed by atoms with Crippen molar-refractivity contribution in [1.82, 2.24) is 9.80 Å². The number of nitrogens with zero attached hydrogens (tertiary/aromatic N) is 2. The summed E-state index contributed by atoms with van der Waals surface area (Å²) in [5.74, 6) is -0.774. The SMILES string of the molecule is CC1CN(Cc2ccc(C(=O)N3CCCCC3CCC(=O)O)cc2)CC(C)O1. The molecule has 0 spiro atoms. The summed E-state index contributed by atoms with van der Waals surface area (Å²) in [4.78, 5) is 28.2. The number of ether oxygens (including phenoxy) is 1. The third-order valence-electron chi connectivity index (χ3n) is 5.68. The van der Waals surface area contributed by atoms with E-state index in [1.165, 1.54) is 5.56 Å². The van der Waals surface area contributed by atoms with E-state index in [4.69, 9.17) is 9.84 Å². The predicted molar refractivity (Wildman–Crippen MR) is 107 cm³/mol. The summed E-state index contributed by atoms with van der Waals surface area (Å²) in [6.07, 6.45) is 4.07. The first kappa shape index (κ1) is 20.8. The van der Waals surface area contributed by atoms with Crippen LogP contribution < -0.4 is 0 Å². The van der Waals surface area contributed by atoms with Crippen LogP contribution in [0.3, 0.4) is 0 Å². The zero-order valence-corrected chi connectivity index (χ0v) is 17.0. The van der Waals surface area contributed by atoms with Crippen LogP contribution >= 0.6 is 0 Å². The lowest BCUT2D eigenvalue weighted by Crippen LogP contribution is -2.44. The maximum atomic E-state index is 13.0. The quantitative estimate of drug-likeness (QED) is 0.811. The van der Waals surface area contributed by atoms with E-state index in [2.05, 4.69) is 18.7 Å². The lowest BCUT2D eigenvalue weighted by Gasteiger charge is -2.36. The summed E-state index contributed by atoms with van der Waals surface area (Å²) in [6.45, 7) is 7.62. The number of hydrogen-bond donors (Lipinski definition) is 1. The molecule has 2 aliphatic heterocycles. The van der Waals surface area contributed by atoms with Gasteiger partial charge in [-0.1, -0.05) is 12.1 Å². The Labute approximate surface area is 167 Å². The Bertz CT molecular complexity index is 666. The lowest BCUT2D eigenvalue weighted by molar-refractivity contribution is -0.137. The van der Waals surface area contributed by atoms with Crippen LogP contribution in [0.1, 0.15) is 61.9 Å². The third kappa shape index (κ3) is 5.55. The number of piperidine rings is 1. The second-order valence-corrected chi connectivity index (χ2v) is 8.23. The highest BCUT2D eigenvalue weighted by atomic mass is 16.5. The normalized spacial score (nSPS) is 26.2. The fourth-order valence-electron chi connectivity index (χ4n) is 4.45. The van der Waals surface area contributed by atoms with Crippen molar-refractivity contribution in [2.45, 2.75) is 70.7 Å². The van der Waals surface area contributed by atoms with Crippen molar-refractivity contribution in [3.05, 3.63) is 35.4 Å². The molecule has 1 N–H and O–H groups in total. The summed E-state index contributed by atoms with van der Waals surface area (Å²) < 4.78 is 5.79. The molecule has 0 bridgehead atoms. The number of carboxylic acid groups (broad SMARTS) is 1. The minimum atomic E-state index is -0.797. The van der Waals surface area contributed by atoms with Gasteiger partial charge in [0.1, 0.15) is 0 Å². The fraction of sp³-hybridized carbons (Fsp3) is 0.636. The van der Waals surface area contributed by atoms with E-state index < -0.39 is 5.97 Å². The monoisotopic (exact) mass is 388 g/mol. The molecule has 0 aliphatic carbocycles. The Morgan fingerprint density at radius 2 is 1.79 bits per heavy atom. The van der Waals surface area contributed by atoms with Gasteiger partial charge in [-0.2, -0.15) is 0 Å². The highest BCUT2D eigenvalue weighted by Crippen LogP contribution is 2.23. The Kier molecular flexibility index (Phi) is 7.08. The Balaban J connectivity index is 1.61.